The molecule has 2 saturated heterocycles. The van der Waals surface area contributed by atoms with Crippen molar-refractivity contribution in [2.45, 2.75) is 17.7 Å². The van der Waals surface area contributed by atoms with Gasteiger partial charge < -0.3 is 9.80 Å². The fourth-order valence-electron chi connectivity index (χ4n) is 3.68. The summed E-state index contributed by atoms with van der Waals surface area (Å²) in [6.45, 7) is 2.12. The molecule has 26 heavy (non-hydrogen) atoms. The van der Waals surface area contributed by atoms with Crippen LogP contribution in [0, 0.1) is 0 Å². The number of carbonyl (C=O) groups excluding carboxylic acids is 2. The third-order valence-corrected chi connectivity index (χ3v) is 7.74. The van der Waals surface area contributed by atoms with Crippen molar-refractivity contribution in [1.29, 1.82) is 0 Å². The van der Waals surface area contributed by atoms with Gasteiger partial charge in [0.15, 0.2) is 0 Å². The van der Waals surface area contributed by atoms with Gasteiger partial charge in [0.05, 0.1) is 9.75 Å². The van der Waals surface area contributed by atoms with Gasteiger partial charge in [-0.05, 0) is 48.6 Å². The minimum absolute atomic E-state index is 0.0376. The van der Waals surface area contributed by atoms with Crippen LogP contribution in [0.2, 0.25) is 5.02 Å². The molecule has 4 rings (SSSR count). The number of benzene rings is 1. The predicted octanol–water partition coefficient (Wildman–Crippen LogP) is 4.22. The molecule has 2 aromatic rings. The molecular weight excluding hydrogens is 388 g/mol. The lowest BCUT2D eigenvalue weighted by Gasteiger charge is -2.44. The molecule has 0 radical (unpaired) electrons. The number of rotatable bonds is 2. The van der Waals surface area contributed by atoms with Crippen molar-refractivity contribution in [3.63, 3.8) is 0 Å². The Morgan fingerprint density at radius 3 is 2.38 bits per heavy atom. The highest BCUT2D eigenvalue weighted by Crippen LogP contribution is 2.45. The normalized spacial score (nSPS) is 19.1. The van der Waals surface area contributed by atoms with Gasteiger partial charge in [-0.15, -0.1) is 23.1 Å². The van der Waals surface area contributed by atoms with Crippen LogP contribution in [0.25, 0.3) is 0 Å². The van der Waals surface area contributed by atoms with Crippen LogP contribution in [0.15, 0.2) is 41.8 Å². The van der Waals surface area contributed by atoms with E-state index in [0.717, 1.165) is 30.0 Å². The molecule has 0 unspecified atom stereocenters. The van der Waals surface area contributed by atoms with Crippen molar-refractivity contribution in [2.24, 2.45) is 0 Å². The molecular formula is C19H19ClN2O2S2. The molecule has 0 bridgehead atoms. The Morgan fingerprint density at radius 1 is 1.00 bits per heavy atom. The molecule has 3 heterocycles. The number of amides is 2. The number of piperidine rings is 1. The van der Waals surface area contributed by atoms with Gasteiger partial charge in [-0.1, -0.05) is 17.7 Å². The van der Waals surface area contributed by atoms with E-state index in [1.165, 1.54) is 11.3 Å². The Kier molecular flexibility index (Phi) is 4.99. The molecule has 4 nitrogen and oxygen atoms in total. The van der Waals surface area contributed by atoms with Gasteiger partial charge >= 0.3 is 0 Å². The van der Waals surface area contributed by atoms with E-state index in [9.17, 15) is 9.59 Å². The zero-order chi connectivity index (χ0) is 18.1. The van der Waals surface area contributed by atoms with Gasteiger partial charge in [-0.3, -0.25) is 9.59 Å². The standard InChI is InChI=1S/C19H19ClN2O2S2/c20-15-5-3-14(4-6-15)17(23)21-9-7-19(8-10-21)22(11-13-26-19)18(24)16-2-1-12-25-16/h1-6,12H,7-11,13H2. The molecule has 1 aromatic carbocycles. The lowest BCUT2D eigenvalue weighted by atomic mass is 10.0. The summed E-state index contributed by atoms with van der Waals surface area (Å²) in [6.07, 6.45) is 1.63. The maximum Gasteiger partial charge on any atom is 0.265 e. The molecule has 2 amide bonds. The first-order chi connectivity index (χ1) is 12.6. The smallest absolute Gasteiger partial charge is 0.265 e. The van der Waals surface area contributed by atoms with Crippen LogP contribution >= 0.6 is 34.7 Å². The average molecular weight is 407 g/mol. The van der Waals surface area contributed by atoms with Crippen LogP contribution in [0.1, 0.15) is 32.9 Å². The molecule has 2 fully saturated rings. The lowest BCUT2D eigenvalue weighted by molar-refractivity contribution is 0.0501. The molecule has 0 atom stereocenters. The number of thiophene rings is 1. The Balaban J connectivity index is 1.46. The Labute approximate surface area is 166 Å². The summed E-state index contributed by atoms with van der Waals surface area (Å²) in [5.41, 5.74) is 0.663. The number of carbonyl (C=O) groups is 2. The quantitative estimate of drug-likeness (QED) is 0.749. The third-order valence-electron chi connectivity index (χ3n) is 5.08. The average Bonchev–Trinajstić information content (AvgIpc) is 3.32. The summed E-state index contributed by atoms with van der Waals surface area (Å²) >= 11 is 9.27. The van der Waals surface area contributed by atoms with Crippen LogP contribution < -0.4 is 0 Å². The van der Waals surface area contributed by atoms with Crippen LogP contribution in [0.5, 0.6) is 0 Å². The number of nitrogens with zero attached hydrogens (tertiary/aromatic N) is 2. The van der Waals surface area contributed by atoms with Crippen molar-refractivity contribution < 1.29 is 9.59 Å². The molecule has 7 heteroatoms. The fraction of sp³-hybridized carbons (Fsp3) is 0.368. The third kappa shape index (κ3) is 3.26. The zero-order valence-electron chi connectivity index (χ0n) is 14.2. The molecule has 0 N–H and O–H groups in total. The van der Waals surface area contributed by atoms with Gasteiger partial charge in [0, 0.05) is 36.0 Å². The van der Waals surface area contributed by atoms with Gasteiger partial charge in [-0.25, -0.2) is 0 Å². The first kappa shape index (κ1) is 17.9. The van der Waals surface area contributed by atoms with Crippen molar-refractivity contribution >= 4 is 46.5 Å². The molecule has 1 aromatic heterocycles. The van der Waals surface area contributed by atoms with Crippen LogP contribution in [0.3, 0.4) is 0 Å². The lowest BCUT2D eigenvalue weighted by Crippen LogP contribution is -2.53. The number of hydrogen-bond donors (Lipinski definition) is 0. The largest absolute Gasteiger partial charge is 0.338 e. The van der Waals surface area contributed by atoms with Crippen LogP contribution in [0.4, 0.5) is 0 Å². The van der Waals surface area contributed by atoms with Gasteiger partial charge in [0.25, 0.3) is 11.8 Å². The topological polar surface area (TPSA) is 40.6 Å². The monoisotopic (exact) mass is 406 g/mol. The van der Waals surface area contributed by atoms with Crippen LogP contribution in [-0.4, -0.2) is 51.9 Å². The van der Waals surface area contributed by atoms with E-state index >= 15 is 0 Å². The molecule has 1 spiro atoms. The maximum absolute atomic E-state index is 12.9. The number of likely N-dealkylation sites (tertiary alicyclic amines) is 1. The Morgan fingerprint density at radius 2 is 1.73 bits per heavy atom. The summed E-state index contributed by atoms with van der Waals surface area (Å²) in [6, 6.07) is 10.8. The maximum atomic E-state index is 12.9. The van der Waals surface area contributed by atoms with E-state index in [1.54, 1.807) is 24.3 Å². The van der Waals surface area contributed by atoms with Gasteiger partial charge in [0.2, 0.25) is 0 Å². The molecule has 2 aliphatic heterocycles. The summed E-state index contributed by atoms with van der Waals surface area (Å²) < 4.78 is 0. The van der Waals surface area contributed by atoms with Crippen molar-refractivity contribution in [3.8, 4) is 0 Å². The van der Waals surface area contributed by atoms with Gasteiger partial charge in [-0.2, -0.15) is 0 Å². The second-order valence-corrected chi connectivity index (χ2v) is 9.37. The molecule has 0 aliphatic carbocycles. The number of thioether (sulfide) groups is 1. The summed E-state index contributed by atoms with van der Waals surface area (Å²) in [7, 11) is 0. The van der Waals surface area contributed by atoms with Crippen LogP contribution in [-0.2, 0) is 0 Å². The highest BCUT2D eigenvalue weighted by Gasteiger charge is 2.47. The number of halogens is 1. The second-order valence-electron chi connectivity index (χ2n) is 6.53. The minimum atomic E-state index is -0.169. The SMILES string of the molecule is O=C(c1ccc(Cl)cc1)N1CCC2(CC1)SCCN2C(=O)c1cccs1. The van der Waals surface area contributed by atoms with E-state index in [4.69, 9.17) is 11.6 Å². The molecule has 136 valence electrons. The van der Waals surface area contributed by atoms with Gasteiger partial charge in [0.1, 0.15) is 0 Å². The first-order valence-electron chi connectivity index (χ1n) is 8.63. The molecule has 2 aliphatic rings. The highest BCUT2D eigenvalue weighted by atomic mass is 35.5. The predicted molar refractivity (Wildman–Crippen MR) is 107 cm³/mol. The number of hydrogen-bond acceptors (Lipinski definition) is 4. The zero-order valence-corrected chi connectivity index (χ0v) is 16.6. The van der Waals surface area contributed by atoms with Crippen molar-refractivity contribution in [3.05, 3.63) is 57.2 Å². The van der Waals surface area contributed by atoms with Crippen molar-refractivity contribution in [1.82, 2.24) is 9.80 Å². The summed E-state index contributed by atoms with van der Waals surface area (Å²) in [5.74, 6) is 1.13. The van der Waals surface area contributed by atoms with E-state index in [0.29, 0.717) is 23.7 Å². The van der Waals surface area contributed by atoms with Crippen molar-refractivity contribution in [2.75, 3.05) is 25.4 Å². The first-order valence-corrected chi connectivity index (χ1v) is 10.9. The Hall–Kier alpha value is -1.50. The van der Waals surface area contributed by atoms with E-state index in [1.807, 2.05) is 39.1 Å². The molecule has 0 saturated carbocycles. The summed E-state index contributed by atoms with van der Waals surface area (Å²) in [4.78, 5) is 30.1. The van der Waals surface area contributed by atoms with E-state index in [-0.39, 0.29) is 16.7 Å². The second kappa shape index (κ2) is 7.25. The summed E-state index contributed by atoms with van der Waals surface area (Å²) in [5, 5.41) is 2.57. The van der Waals surface area contributed by atoms with E-state index < -0.39 is 0 Å². The van der Waals surface area contributed by atoms with E-state index in [2.05, 4.69) is 0 Å². The Bertz CT molecular complexity index is 799. The highest BCUT2D eigenvalue weighted by molar-refractivity contribution is 8.00. The fourth-order valence-corrected chi connectivity index (χ4v) is 5.93. The minimum Gasteiger partial charge on any atom is -0.338 e.